The van der Waals surface area contributed by atoms with E-state index in [2.05, 4.69) is 19.0 Å². The summed E-state index contributed by atoms with van der Waals surface area (Å²) in [6, 6.07) is 7.49. The van der Waals surface area contributed by atoms with Crippen LogP contribution in [0.4, 0.5) is 0 Å². The van der Waals surface area contributed by atoms with Gasteiger partial charge in [0.1, 0.15) is 12.4 Å². The summed E-state index contributed by atoms with van der Waals surface area (Å²) in [5.74, 6) is 3.40. The minimum Gasteiger partial charge on any atom is -0.491 e. The molecule has 2 nitrogen and oxygen atoms in total. The SMILES string of the molecule is C#Cc1ccc(OCCO[SiH](C)C)cc1. The van der Waals surface area contributed by atoms with Gasteiger partial charge in [-0.2, -0.15) is 0 Å². The van der Waals surface area contributed by atoms with Gasteiger partial charge in [0.2, 0.25) is 0 Å². The molecule has 0 aromatic heterocycles. The van der Waals surface area contributed by atoms with Gasteiger partial charge in [0.05, 0.1) is 6.61 Å². The Kier molecular flexibility index (Phi) is 4.95. The third-order valence-corrected chi connectivity index (χ3v) is 2.73. The lowest BCUT2D eigenvalue weighted by Crippen LogP contribution is -2.14. The highest BCUT2D eigenvalue weighted by molar-refractivity contribution is 6.48. The van der Waals surface area contributed by atoms with Crippen LogP contribution in [-0.4, -0.2) is 22.3 Å². The third-order valence-electron chi connectivity index (χ3n) is 1.82. The van der Waals surface area contributed by atoms with Gasteiger partial charge < -0.3 is 9.16 Å². The largest absolute Gasteiger partial charge is 0.491 e. The Balaban J connectivity index is 2.29. The average molecular weight is 220 g/mol. The molecule has 0 radical (unpaired) electrons. The van der Waals surface area contributed by atoms with Crippen LogP contribution in [0.2, 0.25) is 13.1 Å². The van der Waals surface area contributed by atoms with Crippen molar-refractivity contribution in [2.75, 3.05) is 13.2 Å². The second kappa shape index (κ2) is 6.28. The lowest BCUT2D eigenvalue weighted by Gasteiger charge is -2.08. The summed E-state index contributed by atoms with van der Waals surface area (Å²) in [4.78, 5) is 0. The summed E-state index contributed by atoms with van der Waals surface area (Å²) >= 11 is 0. The zero-order valence-corrected chi connectivity index (χ0v) is 10.3. The van der Waals surface area contributed by atoms with Crippen molar-refractivity contribution in [3.05, 3.63) is 29.8 Å². The first-order chi connectivity index (χ1) is 7.22. The van der Waals surface area contributed by atoms with Gasteiger partial charge in [0.25, 0.3) is 0 Å². The van der Waals surface area contributed by atoms with Crippen LogP contribution in [0.1, 0.15) is 5.56 Å². The van der Waals surface area contributed by atoms with E-state index in [1.165, 1.54) is 0 Å². The maximum absolute atomic E-state index is 5.49. The molecule has 0 unspecified atom stereocenters. The average Bonchev–Trinajstić information content (AvgIpc) is 2.25. The maximum Gasteiger partial charge on any atom is 0.171 e. The van der Waals surface area contributed by atoms with Gasteiger partial charge in [-0.1, -0.05) is 5.92 Å². The van der Waals surface area contributed by atoms with Crippen molar-refractivity contribution < 1.29 is 9.16 Å². The summed E-state index contributed by atoms with van der Waals surface area (Å²) < 4.78 is 11.0. The number of benzene rings is 1. The van der Waals surface area contributed by atoms with E-state index in [9.17, 15) is 0 Å². The Morgan fingerprint density at radius 1 is 1.20 bits per heavy atom. The molecule has 0 bridgehead atoms. The molecular formula is C12H16O2Si. The molecule has 0 saturated heterocycles. The Bertz CT molecular complexity index is 324. The molecule has 1 aromatic carbocycles. The second-order valence-electron chi connectivity index (χ2n) is 3.44. The molecule has 80 valence electrons. The van der Waals surface area contributed by atoms with E-state index in [0.717, 1.165) is 11.3 Å². The molecule has 1 aromatic rings. The van der Waals surface area contributed by atoms with E-state index in [0.29, 0.717) is 13.2 Å². The third kappa shape index (κ3) is 4.68. The first-order valence-corrected chi connectivity index (χ1v) is 7.81. The summed E-state index contributed by atoms with van der Waals surface area (Å²) in [6.07, 6.45) is 5.25. The molecule has 0 heterocycles. The molecule has 0 aliphatic heterocycles. The van der Waals surface area contributed by atoms with E-state index >= 15 is 0 Å². The van der Waals surface area contributed by atoms with E-state index in [-0.39, 0.29) is 0 Å². The quantitative estimate of drug-likeness (QED) is 0.429. The lowest BCUT2D eigenvalue weighted by atomic mass is 10.2. The standard InChI is InChI=1S/C12H16O2Si/c1-4-11-5-7-12(8-6-11)13-9-10-14-15(2)3/h1,5-8,15H,9-10H2,2-3H3. The zero-order valence-electron chi connectivity index (χ0n) is 9.19. The fourth-order valence-corrected chi connectivity index (χ4v) is 1.66. The summed E-state index contributed by atoms with van der Waals surface area (Å²) in [5, 5.41) is 0. The van der Waals surface area contributed by atoms with Crippen LogP contribution in [0.5, 0.6) is 5.75 Å². The Morgan fingerprint density at radius 3 is 2.40 bits per heavy atom. The summed E-state index contributed by atoms with van der Waals surface area (Å²) in [7, 11) is -0.916. The molecule has 15 heavy (non-hydrogen) atoms. The van der Waals surface area contributed by atoms with Gasteiger partial charge in [-0.05, 0) is 37.4 Å². The molecule has 0 N–H and O–H groups in total. The number of rotatable bonds is 5. The number of terminal acetylenes is 1. The molecule has 0 amide bonds. The fourth-order valence-electron chi connectivity index (χ4n) is 1.09. The van der Waals surface area contributed by atoms with Crippen LogP contribution in [0.3, 0.4) is 0 Å². The molecule has 0 saturated carbocycles. The van der Waals surface area contributed by atoms with Gasteiger partial charge in [0.15, 0.2) is 9.04 Å². The highest BCUT2D eigenvalue weighted by atomic mass is 28.3. The van der Waals surface area contributed by atoms with E-state index in [1.54, 1.807) is 0 Å². The minimum absolute atomic E-state index is 0.598. The number of ether oxygens (including phenoxy) is 1. The predicted octanol–water partition coefficient (Wildman–Crippen LogP) is 2.05. The lowest BCUT2D eigenvalue weighted by molar-refractivity contribution is 0.219. The zero-order chi connectivity index (χ0) is 11.1. The second-order valence-corrected chi connectivity index (χ2v) is 5.87. The number of hydrogen-bond acceptors (Lipinski definition) is 2. The van der Waals surface area contributed by atoms with Crippen molar-refractivity contribution in [2.45, 2.75) is 13.1 Å². The molecule has 1 rings (SSSR count). The molecule has 0 aliphatic carbocycles. The molecular weight excluding hydrogens is 204 g/mol. The highest BCUT2D eigenvalue weighted by Crippen LogP contribution is 2.11. The maximum atomic E-state index is 5.49. The van der Waals surface area contributed by atoms with Gasteiger partial charge in [-0.15, -0.1) is 6.42 Å². The Morgan fingerprint density at radius 2 is 1.87 bits per heavy atom. The summed E-state index contributed by atoms with van der Waals surface area (Å²) in [5.41, 5.74) is 0.869. The predicted molar refractivity (Wildman–Crippen MR) is 64.7 cm³/mol. The van der Waals surface area contributed by atoms with Crippen molar-refractivity contribution in [1.29, 1.82) is 0 Å². The molecule has 0 spiro atoms. The van der Waals surface area contributed by atoms with Crippen molar-refractivity contribution >= 4 is 9.04 Å². The normalized spacial score (nSPS) is 10.0. The molecule has 0 atom stereocenters. The van der Waals surface area contributed by atoms with E-state index in [1.807, 2.05) is 24.3 Å². The monoisotopic (exact) mass is 220 g/mol. The van der Waals surface area contributed by atoms with Crippen LogP contribution < -0.4 is 4.74 Å². The first kappa shape index (κ1) is 11.8. The Hall–Kier alpha value is -1.24. The van der Waals surface area contributed by atoms with Crippen molar-refractivity contribution in [3.8, 4) is 18.1 Å². The van der Waals surface area contributed by atoms with E-state index < -0.39 is 9.04 Å². The van der Waals surface area contributed by atoms with Gasteiger partial charge in [-0.25, -0.2) is 0 Å². The van der Waals surface area contributed by atoms with Crippen LogP contribution in [-0.2, 0) is 4.43 Å². The number of hydrogen-bond donors (Lipinski definition) is 0. The topological polar surface area (TPSA) is 18.5 Å². The minimum atomic E-state index is -0.916. The fraction of sp³-hybridized carbons (Fsp3) is 0.333. The molecule has 0 aliphatic rings. The van der Waals surface area contributed by atoms with Crippen molar-refractivity contribution in [1.82, 2.24) is 0 Å². The first-order valence-electron chi connectivity index (χ1n) is 5.03. The van der Waals surface area contributed by atoms with Crippen LogP contribution in [0.25, 0.3) is 0 Å². The van der Waals surface area contributed by atoms with Crippen molar-refractivity contribution in [2.24, 2.45) is 0 Å². The van der Waals surface area contributed by atoms with Gasteiger partial charge >= 0.3 is 0 Å². The van der Waals surface area contributed by atoms with Crippen LogP contribution >= 0.6 is 0 Å². The van der Waals surface area contributed by atoms with Gasteiger partial charge in [-0.3, -0.25) is 0 Å². The van der Waals surface area contributed by atoms with Crippen LogP contribution in [0.15, 0.2) is 24.3 Å². The Labute approximate surface area is 92.9 Å². The smallest absolute Gasteiger partial charge is 0.171 e. The van der Waals surface area contributed by atoms with Crippen molar-refractivity contribution in [3.63, 3.8) is 0 Å². The highest BCUT2D eigenvalue weighted by Gasteiger charge is 1.96. The van der Waals surface area contributed by atoms with E-state index in [4.69, 9.17) is 15.6 Å². The molecule has 3 heteroatoms. The van der Waals surface area contributed by atoms with Crippen LogP contribution in [0, 0.1) is 12.3 Å². The van der Waals surface area contributed by atoms with Gasteiger partial charge in [0, 0.05) is 5.56 Å². The molecule has 0 fully saturated rings. The summed E-state index contributed by atoms with van der Waals surface area (Å²) in [6.45, 7) is 5.55.